The van der Waals surface area contributed by atoms with Crippen molar-refractivity contribution in [3.05, 3.63) is 86.6 Å². The van der Waals surface area contributed by atoms with Crippen molar-refractivity contribution >= 4 is 45.2 Å². The summed E-state index contributed by atoms with van der Waals surface area (Å²) in [6.07, 6.45) is 1.55. The number of nitrogens with zero attached hydrogens (tertiary/aromatic N) is 2. The van der Waals surface area contributed by atoms with Gasteiger partial charge in [0.25, 0.3) is 0 Å². The second-order valence-corrected chi connectivity index (χ2v) is 7.08. The Bertz CT molecular complexity index is 1300. The van der Waals surface area contributed by atoms with Crippen LogP contribution in [0.25, 0.3) is 27.8 Å². The molecule has 0 atom stereocenters. The number of halogens is 1. The van der Waals surface area contributed by atoms with Crippen molar-refractivity contribution in [2.75, 3.05) is 5.32 Å². The van der Waals surface area contributed by atoms with E-state index in [4.69, 9.17) is 16.0 Å². The van der Waals surface area contributed by atoms with E-state index < -0.39 is 5.63 Å². The summed E-state index contributed by atoms with van der Waals surface area (Å²) in [7, 11) is 0. The van der Waals surface area contributed by atoms with E-state index in [0.29, 0.717) is 38.1 Å². The van der Waals surface area contributed by atoms with Crippen LogP contribution in [-0.4, -0.2) is 4.98 Å². The van der Waals surface area contributed by atoms with Crippen molar-refractivity contribution in [1.82, 2.24) is 4.98 Å². The third kappa shape index (κ3) is 3.54. The molecule has 0 aliphatic carbocycles. The maximum absolute atomic E-state index is 12.3. The maximum atomic E-state index is 12.3. The zero-order valence-electron chi connectivity index (χ0n) is 14.3. The first-order valence-corrected chi connectivity index (χ1v) is 9.52. The molecule has 2 heterocycles. The third-order valence-corrected chi connectivity index (χ3v) is 5.22. The summed E-state index contributed by atoms with van der Waals surface area (Å²) in [6, 6.07) is 18.4. The molecule has 1 N–H and O–H groups in total. The fourth-order valence-corrected chi connectivity index (χ4v) is 3.61. The van der Waals surface area contributed by atoms with Crippen LogP contribution in [0.15, 0.2) is 75.4 Å². The number of allylic oxidation sites excluding steroid dienone is 1. The highest BCUT2D eigenvalue weighted by molar-refractivity contribution is 7.11. The van der Waals surface area contributed by atoms with Crippen LogP contribution in [0.4, 0.5) is 5.69 Å². The number of rotatable bonds is 4. The number of hydrogen-bond donors (Lipinski definition) is 1. The summed E-state index contributed by atoms with van der Waals surface area (Å²) in [5, 5.41) is 16.1. The van der Waals surface area contributed by atoms with E-state index in [1.807, 2.05) is 30.3 Å². The molecular weight excluding hydrogens is 394 g/mol. The Morgan fingerprint density at radius 1 is 1.21 bits per heavy atom. The van der Waals surface area contributed by atoms with Crippen molar-refractivity contribution in [3.8, 4) is 17.3 Å². The van der Waals surface area contributed by atoms with E-state index in [0.717, 1.165) is 5.39 Å². The molecule has 2 aromatic heterocycles. The number of nitrogens with one attached hydrogen (secondary N) is 1. The van der Waals surface area contributed by atoms with Gasteiger partial charge in [-0.2, -0.15) is 5.26 Å². The lowest BCUT2D eigenvalue weighted by Crippen LogP contribution is -2.02. The molecule has 4 aromatic rings. The van der Waals surface area contributed by atoms with Gasteiger partial charge in [0.1, 0.15) is 22.2 Å². The van der Waals surface area contributed by atoms with Crippen LogP contribution in [0.5, 0.6) is 0 Å². The molecule has 0 fully saturated rings. The molecule has 5 nitrogen and oxygen atoms in total. The minimum absolute atomic E-state index is 0.335. The maximum Gasteiger partial charge on any atom is 0.345 e. The summed E-state index contributed by atoms with van der Waals surface area (Å²) < 4.78 is 5.36. The monoisotopic (exact) mass is 405 g/mol. The van der Waals surface area contributed by atoms with Gasteiger partial charge in [-0.05, 0) is 24.3 Å². The standard InChI is InChI=1S/C21H12ClN3O2S/c22-16-6-2-3-7-17(16)24-11-14(10-23)20-25-18(12-28-20)15-9-13-5-1-4-8-19(13)27-21(15)26/h1-9,11-12,24H/b14-11-. The van der Waals surface area contributed by atoms with Crippen LogP contribution in [0.2, 0.25) is 5.02 Å². The van der Waals surface area contributed by atoms with Crippen LogP contribution < -0.4 is 10.9 Å². The molecule has 0 aliphatic rings. The topological polar surface area (TPSA) is 78.9 Å². The van der Waals surface area contributed by atoms with E-state index in [1.54, 1.807) is 35.8 Å². The Labute approximate surface area is 169 Å². The van der Waals surface area contributed by atoms with Crippen LogP contribution in [0.3, 0.4) is 0 Å². The highest BCUT2D eigenvalue weighted by Crippen LogP contribution is 2.27. The number of nitriles is 1. The minimum atomic E-state index is -0.466. The van der Waals surface area contributed by atoms with Gasteiger partial charge < -0.3 is 9.73 Å². The molecule has 4 rings (SSSR count). The zero-order chi connectivity index (χ0) is 19.5. The van der Waals surface area contributed by atoms with Crippen molar-refractivity contribution in [2.24, 2.45) is 0 Å². The van der Waals surface area contributed by atoms with Crippen LogP contribution >= 0.6 is 22.9 Å². The predicted octanol–water partition coefficient (Wildman–Crippen LogP) is 5.55. The number of hydrogen-bond acceptors (Lipinski definition) is 6. The minimum Gasteiger partial charge on any atom is -0.422 e. The molecular formula is C21H12ClN3O2S. The Hall–Kier alpha value is -3.40. The molecule has 0 radical (unpaired) electrons. The summed E-state index contributed by atoms with van der Waals surface area (Å²) in [6.45, 7) is 0. The fourth-order valence-electron chi connectivity index (χ4n) is 2.63. The lowest BCUT2D eigenvalue weighted by Gasteiger charge is -2.03. The van der Waals surface area contributed by atoms with Gasteiger partial charge in [-0.15, -0.1) is 11.3 Å². The lowest BCUT2D eigenvalue weighted by molar-refractivity contribution is 0.563. The average molecular weight is 406 g/mol. The molecule has 0 bridgehead atoms. The average Bonchev–Trinajstić information content (AvgIpc) is 3.19. The Kier molecular flexibility index (Phi) is 4.94. The first-order chi connectivity index (χ1) is 13.7. The number of fused-ring (bicyclic) bond motifs is 1. The first kappa shape index (κ1) is 18.0. The summed E-state index contributed by atoms with van der Waals surface area (Å²) in [4.78, 5) is 16.8. The summed E-state index contributed by atoms with van der Waals surface area (Å²) in [5.74, 6) is 0. The molecule has 0 unspecified atom stereocenters. The Morgan fingerprint density at radius 2 is 2.00 bits per heavy atom. The van der Waals surface area contributed by atoms with Crippen molar-refractivity contribution in [1.29, 1.82) is 5.26 Å². The molecule has 7 heteroatoms. The molecule has 0 spiro atoms. The van der Waals surface area contributed by atoms with E-state index in [-0.39, 0.29) is 0 Å². The molecule has 28 heavy (non-hydrogen) atoms. The number of benzene rings is 2. The van der Waals surface area contributed by atoms with E-state index in [1.165, 1.54) is 11.3 Å². The number of para-hydroxylation sites is 2. The van der Waals surface area contributed by atoms with E-state index in [9.17, 15) is 10.1 Å². The van der Waals surface area contributed by atoms with Crippen LogP contribution in [0, 0.1) is 11.3 Å². The van der Waals surface area contributed by atoms with Crippen LogP contribution in [0.1, 0.15) is 5.01 Å². The molecule has 0 amide bonds. The number of thiazole rings is 1. The molecule has 0 saturated heterocycles. The van der Waals surface area contributed by atoms with Gasteiger partial charge >= 0.3 is 5.63 Å². The van der Waals surface area contributed by atoms with Crippen LogP contribution in [-0.2, 0) is 0 Å². The molecule has 0 saturated carbocycles. The smallest absolute Gasteiger partial charge is 0.345 e. The van der Waals surface area contributed by atoms with E-state index in [2.05, 4.69) is 16.4 Å². The van der Waals surface area contributed by atoms with Crippen molar-refractivity contribution in [2.45, 2.75) is 0 Å². The second kappa shape index (κ2) is 7.69. The third-order valence-electron chi connectivity index (χ3n) is 4.02. The quantitative estimate of drug-likeness (QED) is 0.356. The van der Waals surface area contributed by atoms with Gasteiger partial charge in [-0.25, -0.2) is 9.78 Å². The summed E-state index contributed by atoms with van der Waals surface area (Å²) >= 11 is 7.39. The van der Waals surface area contributed by atoms with Gasteiger partial charge in [0, 0.05) is 17.0 Å². The second-order valence-electron chi connectivity index (χ2n) is 5.82. The molecule has 2 aromatic carbocycles. The zero-order valence-corrected chi connectivity index (χ0v) is 15.9. The summed E-state index contributed by atoms with van der Waals surface area (Å²) in [5.41, 5.74) is 1.90. The Balaban J connectivity index is 1.68. The predicted molar refractivity (Wildman–Crippen MR) is 112 cm³/mol. The SMILES string of the molecule is N#C/C(=C/Nc1ccccc1Cl)c1nc(-c2cc3ccccc3oc2=O)cs1. The first-order valence-electron chi connectivity index (χ1n) is 8.26. The van der Waals surface area contributed by atoms with Crippen molar-refractivity contribution in [3.63, 3.8) is 0 Å². The number of anilines is 1. The highest BCUT2D eigenvalue weighted by atomic mass is 35.5. The normalized spacial score (nSPS) is 11.4. The van der Waals surface area contributed by atoms with Gasteiger partial charge in [0.05, 0.1) is 22.0 Å². The van der Waals surface area contributed by atoms with Gasteiger partial charge in [0.2, 0.25) is 0 Å². The Morgan fingerprint density at radius 3 is 2.82 bits per heavy atom. The molecule has 0 aliphatic heterocycles. The van der Waals surface area contributed by atoms with Gasteiger partial charge in [0.15, 0.2) is 0 Å². The lowest BCUT2D eigenvalue weighted by atomic mass is 10.1. The highest BCUT2D eigenvalue weighted by Gasteiger charge is 2.13. The largest absolute Gasteiger partial charge is 0.422 e. The van der Waals surface area contributed by atoms with Gasteiger partial charge in [-0.1, -0.05) is 41.9 Å². The van der Waals surface area contributed by atoms with Gasteiger partial charge in [-0.3, -0.25) is 0 Å². The van der Waals surface area contributed by atoms with Crippen molar-refractivity contribution < 1.29 is 4.42 Å². The fraction of sp³-hybridized carbons (Fsp3) is 0. The number of aromatic nitrogens is 1. The van der Waals surface area contributed by atoms with E-state index >= 15 is 0 Å². The molecule has 136 valence electrons.